The first-order chi connectivity index (χ1) is 27.8. The Morgan fingerprint density at radius 3 is 1.61 bits per heavy atom. The number of para-hydroxylation sites is 1. The highest BCUT2D eigenvalue weighted by Gasteiger charge is 2.20. The van der Waals surface area contributed by atoms with E-state index in [4.69, 9.17) is 14.4 Å². The molecule has 4 heteroatoms. The monoisotopic (exact) mass is 713 g/mol. The van der Waals surface area contributed by atoms with E-state index in [-0.39, 0.29) is 0 Å². The van der Waals surface area contributed by atoms with E-state index in [1.54, 1.807) is 0 Å². The van der Waals surface area contributed by atoms with Crippen molar-refractivity contribution in [1.82, 2.24) is 14.5 Å². The third kappa shape index (κ3) is 4.60. The third-order valence-electron chi connectivity index (χ3n) is 11.4. The molecule has 0 amide bonds. The van der Waals surface area contributed by atoms with Gasteiger partial charge in [-0.15, -0.1) is 0 Å². The van der Waals surface area contributed by atoms with Crippen LogP contribution in [-0.4, -0.2) is 14.5 Å². The van der Waals surface area contributed by atoms with Crippen LogP contribution < -0.4 is 0 Å². The van der Waals surface area contributed by atoms with Gasteiger partial charge in [0.05, 0.1) is 22.4 Å². The largest absolute Gasteiger partial charge is 0.455 e. The second kappa shape index (κ2) is 12.0. The molecule has 0 radical (unpaired) electrons. The molecule has 0 atom stereocenters. The van der Waals surface area contributed by atoms with E-state index in [1.165, 1.54) is 54.1 Å². The van der Waals surface area contributed by atoms with Gasteiger partial charge in [-0.3, -0.25) is 0 Å². The van der Waals surface area contributed by atoms with E-state index >= 15 is 0 Å². The summed E-state index contributed by atoms with van der Waals surface area (Å²) in [5.74, 6) is 0.658. The van der Waals surface area contributed by atoms with Crippen LogP contribution >= 0.6 is 0 Å². The predicted molar refractivity (Wildman–Crippen MR) is 232 cm³/mol. The van der Waals surface area contributed by atoms with Crippen molar-refractivity contribution in [3.05, 3.63) is 188 Å². The highest BCUT2D eigenvalue weighted by atomic mass is 16.3. The van der Waals surface area contributed by atoms with Gasteiger partial charge in [-0.2, -0.15) is 0 Å². The number of aromatic nitrogens is 3. The smallest absolute Gasteiger partial charge is 0.160 e. The number of nitrogens with zero attached hydrogens (tertiary/aromatic N) is 3. The summed E-state index contributed by atoms with van der Waals surface area (Å²) < 4.78 is 9.05. The van der Waals surface area contributed by atoms with Crippen molar-refractivity contribution < 1.29 is 4.42 Å². The third-order valence-corrected chi connectivity index (χ3v) is 11.4. The van der Waals surface area contributed by atoms with Gasteiger partial charge in [0, 0.05) is 43.9 Å². The zero-order valence-corrected chi connectivity index (χ0v) is 30.1. The first kappa shape index (κ1) is 30.9. The average Bonchev–Trinajstić information content (AvgIpc) is 3.83. The zero-order chi connectivity index (χ0) is 36.7. The number of hydrogen-bond acceptors (Lipinski definition) is 3. The van der Waals surface area contributed by atoms with Crippen molar-refractivity contribution in [3.8, 4) is 39.6 Å². The van der Waals surface area contributed by atoms with E-state index < -0.39 is 0 Å². The van der Waals surface area contributed by atoms with Crippen molar-refractivity contribution in [2.45, 2.75) is 0 Å². The summed E-state index contributed by atoms with van der Waals surface area (Å²) in [5.41, 5.74) is 9.70. The van der Waals surface area contributed by atoms with Gasteiger partial charge in [-0.1, -0.05) is 133 Å². The van der Waals surface area contributed by atoms with E-state index in [0.717, 1.165) is 55.7 Å². The van der Waals surface area contributed by atoms with Crippen molar-refractivity contribution in [2.75, 3.05) is 0 Å². The Bertz CT molecular complexity index is 3430. The Labute approximate surface area is 321 Å². The summed E-state index contributed by atoms with van der Waals surface area (Å²) in [7, 11) is 0. The van der Waals surface area contributed by atoms with Gasteiger partial charge in [-0.25, -0.2) is 9.97 Å². The Kier molecular flexibility index (Phi) is 6.60. The van der Waals surface area contributed by atoms with Gasteiger partial charge >= 0.3 is 0 Å². The molecule has 0 spiro atoms. The van der Waals surface area contributed by atoms with E-state index in [1.807, 2.05) is 6.07 Å². The lowest BCUT2D eigenvalue weighted by molar-refractivity contribution is 0.670. The zero-order valence-electron chi connectivity index (χ0n) is 30.1. The molecule has 0 aliphatic heterocycles. The number of hydrogen-bond donors (Lipinski definition) is 0. The molecule has 3 heterocycles. The molecule has 0 N–H and O–H groups in total. The average molecular weight is 714 g/mol. The van der Waals surface area contributed by atoms with Gasteiger partial charge in [0.15, 0.2) is 5.82 Å². The van der Waals surface area contributed by atoms with Crippen LogP contribution in [0, 0.1) is 0 Å². The van der Waals surface area contributed by atoms with Crippen LogP contribution in [0.25, 0.3) is 116 Å². The summed E-state index contributed by atoms with van der Waals surface area (Å²) in [6, 6.07) is 66.5. The van der Waals surface area contributed by atoms with Gasteiger partial charge in [-0.05, 0) is 86.9 Å². The normalized spacial score (nSPS) is 11.9. The Balaban J connectivity index is 1.05. The molecule has 0 aliphatic rings. The maximum absolute atomic E-state index is 6.65. The number of fused-ring (bicyclic) bond motifs is 12. The predicted octanol–water partition coefficient (Wildman–Crippen LogP) is 13.9. The first-order valence-electron chi connectivity index (χ1n) is 19.0. The van der Waals surface area contributed by atoms with Crippen LogP contribution in [0.5, 0.6) is 0 Å². The molecule has 12 rings (SSSR count). The molecule has 3 aromatic heterocycles. The second-order valence-corrected chi connectivity index (χ2v) is 14.5. The van der Waals surface area contributed by atoms with E-state index in [2.05, 4.69) is 187 Å². The molecular weight excluding hydrogens is 683 g/mol. The van der Waals surface area contributed by atoms with Crippen molar-refractivity contribution >= 4 is 76.1 Å². The van der Waals surface area contributed by atoms with Gasteiger partial charge < -0.3 is 8.98 Å². The van der Waals surface area contributed by atoms with E-state index in [9.17, 15) is 0 Å². The quantitative estimate of drug-likeness (QED) is 0.182. The summed E-state index contributed by atoms with van der Waals surface area (Å²) in [6.45, 7) is 0. The molecule has 0 saturated heterocycles. The lowest BCUT2D eigenvalue weighted by atomic mass is 10.00. The Morgan fingerprint density at radius 1 is 0.393 bits per heavy atom. The van der Waals surface area contributed by atoms with Gasteiger partial charge in [0.2, 0.25) is 0 Å². The number of rotatable bonds is 4. The molecule has 260 valence electrons. The summed E-state index contributed by atoms with van der Waals surface area (Å²) in [4.78, 5) is 10.4. The second-order valence-electron chi connectivity index (χ2n) is 14.5. The molecule has 56 heavy (non-hydrogen) atoms. The molecule has 0 unspecified atom stereocenters. The topological polar surface area (TPSA) is 43.9 Å². The molecular formula is C52H31N3O. The standard InChI is InChI=1S/C52H31N3O/c1-2-14-35(15-3-1)43-31-44(41-19-10-20-42-48-38-16-7-4-13-34(38)25-30-47(48)56-51(41)42)54-52(53-43)36-21-26-37(27-22-36)55-45-28-23-32-11-5-8-17-39(32)49(45)50-40-18-9-6-12-33(40)24-29-46(50)55/h1-31H. The summed E-state index contributed by atoms with van der Waals surface area (Å²) in [5, 5.41) is 12.1. The van der Waals surface area contributed by atoms with Gasteiger partial charge in [0.1, 0.15) is 11.2 Å². The Hall–Kier alpha value is -7.56. The van der Waals surface area contributed by atoms with Crippen molar-refractivity contribution in [2.24, 2.45) is 0 Å². The minimum Gasteiger partial charge on any atom is -0.455 e. The van der Waals surface area contributed by atoms with Crippen LogP contribution in [0.3, 0.4) is 0 Å². The summed E-state index contributed by atoms with van der Waals surface area (Å²) in [6.07, 6.45) is 0. The molecule has 9 aromatic carbocycles. The molecule has 0 aliphatic carbocycles. The highest BCUT2D eigenvalue weighted by Crippen LogP contribution is 2.42. The molecule has 0 saturated carbocycles. The Morgan fingerprint density at radius 2 is 0.946 bits per heavy atom. The highest BCUT2D eigenvalue weighted by molar-refractivity contribution is 6.28. The molecule has 0 bridgehead atoms. The number of furan rings is 1. The van der Waals surface area contributed by atoms with Crippen LogP contribution in [0.1, 0.15) is 0 Å². The van der Waals surface area contributed by atoms with Crippen LogP contribution in [0.15, 0.2) is 192 Å². The fourth-order valence-electron chi connectivity index (χ4n) is 8.83. The fraction of sp³-hybridized carbons (Fsp3) is 0. The van der Waals surface area contributed by atoms with Gasteiger partial charge in [0.25, 0.3) is 0 Å². The lowest BCUT2D eigenvalue weighted by Crippen LogP contribution is -1.97. The van der Waals surface area contributed by atoms with Crippen LogP contribution in [0.2, 0.25) is 0 Å². The fourth-order valence-corrected chi connectivity index (χ4v) is 8.83. The van der Waals surface area contributed by atoms with Crippen molar-refractivity contribution in [3.63, 3.8) is 0 Å². The number of benzene rings is 9. The lowest BCUT2D eigenvalue weighted by Gasteiger charge is -2.12. The SMILES string of the molecule is c1ccc(-c2cc(-c3cccc4c3oc3ccc5ccccc5c34)nc(-c3ccc(-n4c5ccc6ccccc6c5c5c6ccccc6ccc54)cc3)n2)cc1. The molecule has 0 fully saturated rings. The maximum Gasteiger partial charge on any atom is 0.160 e. The van der Waals surface area contributed by atoms with E-state index in [0.29, 0.717) is 5.82 Å². The van der Waals surface area contributed by atoms with Crippen molar-refractivity contribution in [1.29, 1.82) is 0 Å². The minimum absolute atomic E-state index is 0.658. The van der Waals surface area contributed by atoms with Crippen LogP contribution in [-0.2, 0) is 0 Å². The summed E-state index contributed by atoms with van der Waals surface area (Å²) >= 11 is 0. The first-order valence-corrected chi connectivity index (χ1v) is 19.0. The molecule has 4 nitrogen and oxygen atoms in total. The minimum atomic E-state index is 0.658. The van der Waals surface area contributed by atoms with Crippen LogP contribution in [0.4, 0.5) is 0 Å². The maximum atomic E-state index is 6.65. The molecule has 12 aromatic rings.